The molecule has 5 heteroatoms. The normalized spacial score (nSPS) is 9.62. The number of hydrogen-bond donors (Lipinski definition) is 1. The van der Waals surface area contributed by atoms with Crippen molar-refractivity contribution in [3.63, 3.8) is 0 Å². The zero-order valence-electron chi connectivity index (χ0n) is 9.11. The van der Waals surface area contributed by atoms with E-state index >= 15 is 0 Å². The Morgan fingerprint density at radius 2 is 2.06 bits per heavy atom. The zero-order chi connectivity index (χ0) is 12.3. The molecule has 5 nitrogen and oxygen atoms in total. The molecule has 0 fully saturated rings. The third kappa shape index (κ3) is 2.66. The summed E-state index contributed by atoms with van der Waals surface area (Å²) in [4.78, 5) is 21.1. The summed E-state index contributed by atoms with van der Waals surface area (Å²) in [5.41, 5.74) is 1.43. The summed E-state index contributed by atoms with van der Waals surface area (Å²) in [6.07, 6.45) is 0. The predicted octanol–water partition coefficient (Wildman–Crippen LogP) is 2.59. The van der Waals surface area contributed by atoms with Crippen molar-refractivity contribution in [3.8, 4) is 0 Å². The van der Waals surface area contributed by atoms with Crippen molar-refractivity contribution >= 4 is 22.9 Å². The fourth-order valence-corrected chi connectivity index (χ4v) is 1.32. The van der Waals surface area contributed by atoms with E-state index in [4.69, 9.17) is 0 Å². The Hall–Kier alpha value is -2.17. The van der Waals surface area contributed by atoms with E-state index in [1.54, 1.807) is 19.1 Å². The Balaban J connectivity index is 3.22. The molecule has 0 bridgehead atoms. The highest BCUT2D eigenvalue weighted by Crippen LogP contribution is 2.27. The van der Waals surface area contributed by atoms with E-state index in [0.717, 1.165) is 0 Å². The van der Waals surface area contributed by atoms with Crippen LogP contribution >= 0.6 is 0 Å². The summed E-state index contributed by atoms with van der Waals surface area (Å²) >= 11 is 0. The summed E-state index contributed by atoms with van der Waals surface area (Å²) in [6, 6.07) is 4.51. The Morgan fingerprint density at radius 3 is 2.50 bits per heavy atom. The maximum absolute atomic E-state index is 10.8. The number of amides is 1. The van der Waals surface area contributed by atoms with Gasteiger partial charge in [-0.15, -0.1) is 0 Å². The summed E-state index contributed by atoms with van der Waals surface area (Å²) in [5.74, 6) is -0.266. The lowest BCUT2D eigenvalue weighted by molar-refractivity contribution is -0.385. The summed E-state index contributed by atoms with van der Waals surface area (Å²) in [6.45, 7) is 6.71. The van der Waals surface area contributed by atoms with Gasteiger partial charge in [0.2, 0.25) is 5.91 Å². The second kappa shape index (κ2) is 4.57. The van der Waals surface area contributed by atoms with Crippen LogP contribution in [0.2, 0.25) is 0 Å². The van der Waals surface area contributed by atoms with Crippen LogP contribution in [0.1, 0.15) is 19.4 Å². The van der Waals surface area contributed by atoms with Crippen LogP contribution in [-0.2, 0) is 4.79 Å². The Labute approximate surface area is 92.9 Å². The van der Waals surface area contributed by atoms with E-state index in [2.05, 4.69) is 11.9 Å². The molecule has 0 saturated heterocycles. The quantitative estimate of drug-likeness (QED) is 0.628. The van der Waals surface area contributed by atoms with Crippen LogP contribution in [0.5, 0.6) is 0 Å². The standard InChI is InChI=1S/C11H12N2O3/c1-7(2)10-5-4-9(12-8(3)14)6-11(10)13(15)16/h4-6H,1H2,2-3H3,(H,12,14). The molecule has 1 aromatic rings. The number of nitro benzene ring substituents is 1. The number of anilines is 1. The number of allylic oxidation sites excluding steroid dienone is 1. The molecule has 0 atom stereocenters. The van der Waals surface area contributed by atoms with Gasteiger partial charge in [-0.05, 0) is 24.6 Å². The van der Waals surface area contributed by atoms with E-state index in [0.29, 0.717) is 16.8 Å². The van der Waals surface area contributed by atoms with Gasteiger partial charge in [-0.25, -0.2) is 0 Å². The van der Waals surface area contributed by atoms with Gasteiger partial charge < -0.3 is 5.32 Å². The Kier molecular flexibility index (Phi) is 3.40. The van der Waals surface area contributed by atoms with Gasteiger partial charge in [-0.1, -0.05) is 6.58 Å². The lowest BCUT2D eigenvalue weighted by Gasteiger charge is -2.05. The smallest absolute Gasteiger partial charge is 0.278 e. The van der Waals surface area contributed by atoms with Gasteiger partial charge in [0.25, 0.3) is 5.69 Å². The monoisotopic (exact) mass is 220 g/mol. The van der Waals surface area contributed by atoms with E-state index < -0.39 is 4.92 Å². The number of nitrogens with zero attached hydrogens (tertiary/aromatic N) is 1. The number of hydrogen-bond acceptors (Lipinski definition) is 3. The largest absolute Gasteiger partial charge is 0.326 e. The third-order valence-corrected chi connectivity index (χ3v) is 1.97. The first kappa shape index (κ1) is 11.9. The molecule has 0 radical (unpaired) electrons. The molecule has 0 aromatic heterocycles. The van der Waals surface area contributed by atoms with Crippen LogP contribution in [0.25, 0.3) is 5.57 Å². The van der Waals surface area contributed by atoms with E-state index in [-0.39, 0.29) is 11.6 Å². The van der Waals surface area contributed by atoms with E-state index in [1.807, 2.05) is 0 Å². The van der Waals surface area contributed by atoms with Crippen molar-refractivity contribution < 1.29 is 9.72 Å². The number of benzene rings is 1. The second-order valence-electron chi connectivity index (χ2n) is 3.45. The molecule has 0 aliphatic heterocycles. The van der Waals surface area contributed by atoms with Gasteiger partial charge in [0, 0.05) is 18.7 Å². The van der Waals surface area contributed by atoms with E-state index in [9.17, 15) is 14.9 Å². The molecule has 0 aliphatic rings. The molecule has 0 saturated carbocycles. The molecule has 0 unspecified atom stereocenters. The molecule has 1 aromatic carbocycles. The number of nitro groups is 1. The molecule has 16 heavy (non-hydrogen) atoms. The van der Waals surface area contributed by atoms with Gasteiger partial charge >= 0.3 is 0 Å². The minimum absolute atomic E-state index is 0.0567. The molecule has 1 rings (SSSR count). The topological polar surface area (TPSA) is 72.2 Å². The van der Waals surface area contributed by atoms with Crippen molar-refractivity contribution in [2.75, 3.05) is 5.32 Å². The Bertz CT molecular complexity index is 466. The van der Waals surface area contributed by atoms with Gasteiger partial charge in [0.15, 0.2) is 0 Å². The van der Waals surface area contributed by atoms with Crippen molar-refractivity contribution in [2.24, 2.45) is 0 Å². The van der Waals surface area contributed by atoms with Gasteiger partial charge in [0.05, 0.1) is 10.5 Å². The first-order valence-corrected chi connectivity index (χ1v) is 4.63. The molecule has 84 valence electrons. The fraction of sp³-hybridized carbons (Fsp3) is 0.182. The maximum atomic E-state index is 10.8. The average molecular weight is 220 g/mol. The lowest BCUT2D eigenvalue weighted by atomic mass is 10.1. The van der Waals surface area contributed by atoms with E-state index in [1.165, 1.54) is 13.0 Å². The van der Waals surface area contributed by atoms with Crippen molar-refractivity contribution in [1.82, 2.24) is 0 Å². The van der Waals surface area contributed by atoms with Gasteiger partial charge in [0.1, 0.15) is 0 Å². The predicted molar refractivity (Wildman–Crippen MR) is 62.1 cm³/mol. The van der Waals surface area contributed by atoms with Gasteiger partial charge in [-0.3, -0.25) is 14.9 Å². The molecule has 1 amide bonds. The highest BCUT2D eigenvalue weighted by molar-refractivity contribution is 5.89. The van der Waals surface area contributed by atoms with Gasteiger partial charge in [-0.2, -0.15) is 0 Å². The van der Waals surface area contributed by atoms with Crippen molar-refractivity contribution in [2.45, 2.75) is 13.8 Å². The van der Waals surface area contributed by atoms with Crippen LogP contribution in [0, 0.1) is 10.1 Å². The SMILES string of the molecule is C=C(C)c1ccc(NC(C)=O)cc1[N+](=O)[O-]. The lowest BCUT2D eigenvalue weighted by Crippen LogP contribution is -2.06. The molecule has 0 aliphatic carbocycles. The maximum Gasteiger partial charge on any atom is 0.278 e. The van der Waals surface area contributed by atoms with Crippen molar-refractivity contribution in [1.29, 1.82) is 0 Å². The molecule has 0 spiro atoms. The molecule has 1 N–H and O–H groups in total. The number of carbonyl (C=O) groups excluding carboxylic acids is 1. The first-order chi connectivity index (χ1) is 7.41. The van der Waals surface area contributed by atoms with Crippen LogP contribution in [0.3, 0.4) is 0 Å². The minimum atomic E-state index is -0.491. The van der Waals surface area contributed by atoms with Crippen molar-refractivity contribution in [3.05, 3.63) is 40.5 Å². The second-order valence-corrected chi connectivity index (χ2v) is 3.45. The minimum Gasteiger partial charge on any atom is -0.326 e. The summed E-state index contributed by atoms with van der Waals surface area (Å²) in [7, 11) is 0. The van der Waals surface area contributed by atoms with Crippen LogP contribution in [0.15, 0.2) is 24.8 Å². The highest BCUT2D eigenvalue weighted by Gasteiger charge is 2.15. The average Bonchev–Trinajstić information content (AvgIpc) is 2.16. The third-order valence-electron chi connectivity index (χ3n) is 1.97. The highest BCUT2D eigenvalue weighted by atomic mass is 16.6. The number of nitrogens with one attached hydrogen (secondary N) is 1. The molecular formula is C11H12N2O3. The molecular weight excluding hydrogens is 208 g/mol. The zero-order valence-corrected chi connectivity index (χ0v) is 9.11. The van der Waals surface area contributed by atoms with Crippen LogP contribution in [0.4, 0.5) is 11.4 Å². The summed E-state index contributed by atoms with van der Waals surface area (Å²) in [5, 5.41) is 13.3. The Morgan fingerprint density at radius 1 is 1.44 bits per heavy atom. The number of rotatable bonds is 3. The van der Waals surface area contributed by atoms with Crippen LogP contribution < -0.4 is 5.32 Å². The first-order valence-electron chi connectivity index (χ1n) is 4.63. The number of carbonyl (C=O) groups is 1. The molecule has 0 heterocycles. The summed E-state index contributed by atoms with van der Waals surface area (Å²) < 4.78 is 0. The van der Waals surface area contributed by atoms with Crippen LogP contribution in [-0.4, -0.2) is 10.8 Å². The fourth-order valence-electron chi connectivity index (χ4n) is 1.32.